The van der Waals surface area contributed by atoms with Crippen LogP contribution < -0.4 is 0 Å². The predicted octanol–water partition coefficient (Wildman–Crippen LogP) is 4.52. The quantitative estimate of drug-likeness (QED) is 0.622. The van der Waals surface area contributed by atoms with Crippen molar-refractivity contribution >= 4 is 16.6 Å². The smallest absolute Gasteiger partial charge is 0.196 e. The number of hydrogen-bond donors (Lipinski definition) is 0. The molecule has 0 heterocycles. The number of benzene rings is 3. The first-order valence-corrected chi connectivity index (χ1v) is 6.46. The molecule has 0 aliphatic rings. The third-order valence-corrected chi connectivity index (χ3v) is 3.47. The number of carbonyl (C=O) groups is 1. The Morgan fingerprint density at radius 2 is 1.50 bits per heavy atom. The topological polar surface area (TPSA) is 17.1 Å². The number of halogens is 1. The number of fused-ring (bicyclic) bond motifs is 1. The van der Waals surface area contributed by atoms with Gasteiger partial charge in [0.2, 0.25) is 0 Å². The molecule has 0 saturated carbocycles. The van der Waals surface area contributed by atoms with Gasteiger partial charge >= 0.3 is 0 Å². The first kappa shape index (κ1) is 12.5. The van der Waals surface area contributed by atoms with E-state index in [0.29, 0.717) is 11.1 Å². The van der Waals surface area contributed by atoms with Crippen molar-refractivity contribution in [1.82, 2.24) is 0 Å². The van der Waals surface area contributed by atoms with Crippen molar-refractivity contribution in [1.29, 1.82) is 0 Å². The second-order valence-corrected chi connectivity index (χ2v) is 4.79. The highest BCUT2D eigenvalue weighted by Gasteiger charge is 2.16. The van der Waals surface area contributed by atoms with Gasteiger partial charge in [-0.15, -0.1) is 0 Å². The Labute approximate surface area is 116 Å². The van der Waals surface area contributed by atoms with Gasteiger partial charge < -0.3 is 0 Å². The molecule has 0 bridgehead atoms. The molecule has 0 fully saturated rings. The summed E-state index contributed by atoms with van der Waals surface area (Å²) >= 11 is 0. The third-order valence-electron chi connectivity index (χ3n) is 3.47. The van der Waals surface area contributed by atoms with E-state index in [1.807, 2.05) is 36.4 Å². The maximum absolute atomic E-state index is 14.1. The zero-order valence-electron chi connectivity index (χ0n) is 11.1. The fourth-order valence-corrected chi connectivity index (χ4v) is 2.39. The minimum atomic E-state index is -0.439. The van der Waals surface area contributed by atoms with Crippen molar-refractivity contribution < 1.29 is 9.18 Å². The normalized spacial score (nSPS) is 10.7. The van der Waals surface area contributed by atoms with Crippen molar-refractivity contribution in [2.24, 2.45) is 0 Å². The van der Waals surface area contributed by atoms with Crippen LogP contribution in [0.3, 0.4) is 0 Å². The molecular formula is C18H13FO. The second-order valence-electron chi connectivity index (χ2n) is 4.79. The number of rotatable bonds is 2. The van der Waals surface area contributed by atoms with Gasteiger partial charge in [-0.1, -0.05) is 54.6 Å². The average molecular weight is 264 g/mol. The van der Waals surface area contributed by atoms with Crippen LogP contribution in [0, 0.1) is 12.7 Å². The SMILES string of the molecule is Cc1cccc(C(=O)c2cccc3ccccc23)c1F. The van der Waals surface area contributed by atoms with E-state index in [1.54, 1.807) is 25.1 Å². The van der Waals surface area contributed by atoms with E-state index in [9.17, 15) is 9.18 Å². The second kappa shape index (κ2) is 4.89. The van der Waals surface area contributed by atoms with Crippen LogP contribution in [0.5, 0.6) is 0 Å². The minimum absolute atomic E-state index is 0.126. The van der Waals surface area contributed by atoms with Gasteiger partial charge in [-0.3, -0.25) is 4.79 Å². The molecule has 3 aromatic rings. The summed E-state index contributed by atoms with van der Waals surface area (Å²) in [6.45, 7) is 1.66. The van der Waals surface area contributed by atoms with Crippen LogP contribution in [0.1, 0.15) is 21.5 Å². The first-order chi connectivity index (χ1) is 9.68. The largest absolute Gasteiger partial charge is 0.288 e. The average Bonchev–Trinajstić information content (AvgIpc) is 2.49. The molecule has 0 radical (unpaired) electrons. The Balaban J connectivity index is 2.21. The Morgan fingerprint density at radius 1 is 0.850 bits per heavy atom. The molecule has 20 heavy (non-hydrogen) atoms. The van der Waals surface area contributed by atoms with Gasteiger partial charge in [0.15, 0.2) is 5.78 Å². The Hall–Kier alpha value is -2.48. The van der Waals surface area contributed by atoms with E-state index < -0.39 is 5.82 Å². The van der Waals surface area contributed by atoms with Crippen LogP contribution in [0.4, 0.5) is 4.39 Å². The fraction of sp³-hybridized carbons (Fsp3) is 0.0556. The molecule has 0 saturated heterocycles. The van der Waals surface area contributed by atoms with Crippen LogP contribution in [0.2, 0.25) is 0 Å². The van der Waals surface area contributed by atoms with Crippen LogP contribution in [-0.4, -0.2) is 5.78 Å². The summed E-state index contributed by atoms with van der Waals surface area (Å²) in [5.41, 5.74) is 1.14. The van der Waals surface area contributed by atoms with Crippen LogP contribution in [-0.2, 0) is 0 Å². The Kier molecular flexibility index (Phi) is 3.07. The lowest BCUT2D eigenvalue weighted by atomic mass is 9.96. The minimum Gasteiger partial charge on any atom is -0.288 e. The molecule has 0 amide bonds. The molecule has 1 nitrogen and oxygen atoms in total. The van der Waals surface area contributed by atoms with Crippen molar-refractivity contribution in [3.8, 4) is 0 Å². The molecule has 0 aliphatic heterocycles. The van der Waals surface area contributed by atoms with Gasteiger partial charge in [-0.2, -0.15) is 0 Å². The maximum Gasteiger partial charge on any atom is 0.196 e. The summed E-state index contributed by atoms with van der Waals surface area (Å²) in [6.07, 6.45) is 0. The number of carbonyl (C=O) groups excluding carboxylic acids is 1. The van der Waals surface area contributed by atoms with Crippen LogP contribution in [0.15, 0.2) is 60.7 Å². The van der Waals surface area contributed by atoms with Crippen molar-refractivity contribution in [2.45, 2.75) is 6.92 Å². The van der Waals surface area contributed by atoms with Gasteiger partial charge in [-0.05, 0) is 29.3 Å². The first-order valence-electron chi connectivity index (χ1n) is 6.46. The summed E-state index contributed by atoms with van der Waals surface area (Å²) in [4.78, 5) is 12.6. The van der Waals surface area contributed by atoms with E-state index in [1.165, 1.54) is 6.07 Å². The molecule has 3 rings (SSSR count). The van der Waals surface area contributed by atoms with Crippen molar-refractivity contribution in [3.63, 3.8) is 0 Å². The van der Waals surface area contributed by atoms with Gasteiger partial charge in [-0.25, -0.2) is 4.39 Å². The van der Waals surface area contributed by atoms with E-state index in [2.05, 4.69) is 0 Å². The standard InChI is InChI=1S/C18H13FO/c1-12-6-4-11-16(17(12)19)18(20)15-10-5-8-13-7-2-3-9-14(13)15/h2-11H,1H3. The summed E-state index contributed by atoms with van der Waals surface area (Å²) in [5, 5.41) is 1.83. The highest BCUT2D eigenvalue weighted by Crippen LogP contribution is 2.23. The lowest BCUT2D eigenvalue weighted by Gasteiger charge is -2.08. The molecular weight excluding hydrogens is 251 g/mol. The summed E-state index contributed by atoms with van der Waals surface area (Å²) in [7, 11) is 0. The zero-order chi connectivity index (χ0) is 14.1. The van der Waals surface area contributed by atoms with E-state index in [0.717, 1.165) is 10.8 Å². The predicted molar refractivity (Wildman–Crippen MR) is 78.5 cm³/mol. The van der Waals surface area contributed by atoms with E-state index in [4.69, 9.17) is 0 Å². The van der Waals surface area contributed by atoms with Gasteiger partial charge in [0.05, 0.1) is 5.56 Å². The fourth-order valence-electron chi connectivity index (χ4n) is 2.39. The molecule has 0 aromatic heterocycles. The van der Waals surface area contributed by atoms with Crippen molar-refractivity contribution in [2.75, 3.05) is 0 Å². The monoisotopic (exact) mass is 264 g/mol. The number of ketones is 1. The molecule has 0 unspecified atom stereocenters. The number of hydrogen-bond acceptors (Lipinski definition) is 1. The highest BCUT2D eigenvalue weighted by molar-refractivity contribution is 6.16. The third kappa shape index (κ3) is 1.99. The number of aryl methyl sites for hydroxylation is 1. The maximum atomic E-state index is 14.1. The Morgan fingerprint density at radius 3 is 2.35 bits per heavy atom. The van der Waals surface area contributed by atoms with Gasteiger partial charge in [0, 0.05) is 5.56 Å². The summed E-state index contributed by atoms with van der Waals surface area (Å²) in [5.74, 6) is -0.714. The van der Waals surface area contributed by atoms with E-state index in [-0.39, 0.29) is 11.3 Å². The molecule has 0 N–H and O–H groups in total. The summed E-state index contributed by atoms with van der Waals surface area (Å²) in [6, 6.07) is 18.0. The van der Waals surface area contributed by atoms with E-state index >= 15 is 0 Å². The van der Waals surface area contributed by atoms with Gasteiger partial charge in [0.25, 0.3) is 0 Å². The molecule has 98 valence electrons. The molecule has 0 spiro atoms. The van der Waals surface area contributed by atoms with Gasteiger partial charge in [0.1, 0.15) is 5.82 Å². The van der Waals surface area contributed by atoms with Crippen LogP contribution >= 0.6 is 0 Å². The molecule has 3 aromatic carbocycles. The molecule has 0 atom stereocenters. The lowest BCUT2D eigenvalue weighted by Crippen LogP contribution is -2.06. The lowest BCUT2D eigenvalue weighted by molar-refractivity contribution is 0.103. The molecule has 2 heteroatoms. The van der Waals surface area contributed by atoms with Crippen molar-refractivity contribution in [3.05, 3.63) is 83.2 Å². The zero-order valence-corrected chi connectivity index (χ0v) is 11.1. The Bertz CT molecular complexity index is 800. The van der Waals surface area contributed by atoms with Crippen LogP contribution in [0.25, 0.3) is 10.8 Å². The highest BCUT2D eigenvalue weighted by atomic mass is 19.1. The summed E-state index contributed by atoms with van der Waals surface area (Å²) < 4.78 is 14.1. The molecule has 0 aliphatic carbocycles.